The molecule has 2 aromatic heterocycles. The molecule has 1 amide bonds. The summed E-state index contributed by atoms with van der Waals surface area (Å²) >= 11 is 1.44. The summed E-state index contributed by atoms with van der Waals surface area (Å²) in [6.07, 6.45) is 4.50. The molecule has 1 N–H and O–H groups in total. The van der Waals surface area contributed by atoms with Gasteiger partial charge in [0.25, 0.3) is 0 Å². The van der Waals surface area contributed by atoms with Gasteiger partial charge in [-0.05, 0) is 36.6 Å². The Morgan fingerprint density at radius 3 is 2.71 bits per heavy atom. The van der Waals surface area contributed by atoms with Crippen molar-refractivity contribution >= 4 is 23.4 Å². The molecule has 6 heteroatoms. The molecular weight excluding hydrogens is 320 g/mol. The summed E-state index contributed by atoms with van der Waals surface area (Å²) in [5.74, 6) is 1.02. The van der Waals surface area contributed by atoms with Crippen LogP contribution in [0.5, 0.6) is 0 Å². The fourth-order valence-corrected chi connectivity index (χ4v) is 3.04. The van der Waals surface area contributed by atoms with E-state index in [1.807, 2.05) is 12.1 Å². The first-order valence-electron chi connectivity index (χ1n) is 7.81. The van der Waals surface area contributed by atoms with Crippen LogP contribution in [0.4, 0.5) is 5.69 Å². The van der Waals surface area contributed by atoms with Gasteiger partial charge in [0.05, 0.1) is 5.56 Å². The highest BCUT2D eigenvalue weighted by atomic mass is 32.2. The number of carbonyl (C=O) groups is 1. The minimum absolute atomic E-state index is 0.0643. The standard InChI is InChI=1S/C18H20N4OS/c1-13(2)11-16-4-3-14(12-19)18(22-16)24-10-7-17(23)21-15-5-8-20-9-6-15/h3-6,8-9,13H,7,10-11H2,1-2H3,(H,20,21,23). The number of rotatable bonds is 7. The number of hydrogen-bond acceptors (Lipinski definition) is 5. The number of carbonyl (C=O) groups excluding carboxylic acids is 1. The van der Waals surface area contributed by atoms with Gasteiger partial charge in [0.1, 0.15) is 11.1 Å². The van der Waals surface area contributed by atoms with Gasteiger partial charge in [-0.15, -0.1) is 11.8 Å². The number of anilines is 1. The Labute approximate surface area is 146 Å². The molecule has 5 nitrogen and oxygen atoms in total. The van der Waals surface area contributed by atoms with Crippen molar-refractivity contribution in [2.75, 3.05) is 11.1 Å². The van der Waals surface area contributed by atoms with E-state index in [-0.39, 0.29) is 5.91 Å². The second kappa shape index (κ2) is 9.04. The normalized spacial score (nSPS) is 10.4. The average molecular weight is 340 g/mol. The molecule has 2 aromatic rings. The third-order valence-electron chi connectivity index (χ3n) is 3.19. The molecule has 0 radical (unpaired) electrons. The molecule has 2 rings (SSSR count). The lowest BCUT2D eigenvalue weighted by Gasteiger charge is -2.08. The first kappa shape index (κ1) is 18.0. The summed E-state index contributed by atoms with van der Waals surface area (Å²) in [6, 6.07) is 9.37. The Balaban J connectivity index is 1.91. The lowest BCUT2D eigenvalue weighted by Crippen LogP contribution is -2.12. The van der Waals surface area contributed by atoms with Gasteiger partial charge >= 0.3 is 0 Å². The molecule has 0 bridgehead atoms. The maximum atomic E-state index is 11.9. The van der Waals surface area contributed by atoms with E-state index in [9.17, 15) is 10.1 Å². The largest absolute Gasteiger partial charge is 0.326 e. The van der Waals surface area contributed by atoms with Gasteiger partial charge in [0.15, 0.2) is 0 Å². The molecule has 0 aromatic carbocycles. The topological polar surface area (TPSA) is 78.7 Å². The van der Waals surface area contributed by atoms with E-state index in [1.54, 1.807) is 24.5 Å². The molecule has 124 valence electrons. The number of thioether (sulfide) groups is 1. The average Bonchev–Trinajstić information content (AvgIpc) is 2.55. The van der Waals surface area contributed by atoms with Crippen molar-refractivity contribution < 1.29 is 4.79 Å². The van der Waals surface area contributed by atoms with E-state index in [4.69, 9.17) is 0 Å². The maximum absolute atomic E-state index is 11.9. The van der Waals surface area contributed by atoms with E-state index in [1.165, 1.54) is 11.8 Å². The monoisotopic (exact) mass is 340 g/mol. The molecule has 0 aliphatic carbocycles. The molecule has 0 saturated carbocycles. The van der Waals surface area contributed by atoms with E-state index in [2.05, 4.69) is 35.2 Å². The predicted octanol–water partition coefficient (Wildman–Crippen LogP) is 3.67. The van der Waals surface area contributed by atoms with Crippen LogP contribution in [0.2, 0.25) is 0 Å². The smallest absolute Gasteiger partial charge is 0.225 e. The van der Waals surface area contributed by atoms with Crippen LogP contribution in [0.3, 0.4) is 0 Å². The highest BCUT2D eigenvalue weighted by Gasteiger charge is 2.09. The van der Waals surface area contributed by atoms with Crippen LogP contribution in [0.15, 0.2) is 41.7 Å². The summed E-state index contributed by atoms with van der Waals surface area (Å²) in [6.45, 7) is 4.27. The summed E-state index contributed by atoms with van der Waals surface area (Å²) in [5.41, 5.74) is 2.27. The van der Waals surface area contributed by atoms with Crippen LogP contribution >= 0.6 is 11.8 Å². The van der Waals surface area contributed by atoms with Gasteiger partial charge in [-0.3, -0.25) is 9.78 Å². The van der Waals surface area contributed by atoms with Gasteiger partial charge in [-0.1, -0.05) is 13.8 Å². The van der Waals surface area contributed by atoms with Gasteiger partial charge in [0, 0.05) is 35.9 Å². The van der Waals surface area contributed by atoms with Crippen molar-refractivity contribution in [3.05, 3.63) is 47.9 Å². The Hall–Kier alpha value is -2.39. The summed E-state index contributed by atoms with van der Waals surface area (Å²) in [5, 5.41) is 12.7. The number of amides is 1. The second-order valence-electron chi connectivity index (χ2n) is 5.75. The van der Waals surface area contributed by atoms with Crippen molar-refractivity contribution in [3.8, 4) is 6.07 Å². The van der Waals surface area contributed by atoms with E-state index >= 15 is 0 Å². The molecule has 0 unspecified atom stereocenters. The molecular formula is C18H20N4OS. The molecule has 0 fully saturated rings. The summed E-state index contributed by atoms with van der Waals surface area (Å²) in [7, 11) is 0. The van der Waals surface area contributed by atoms with Crippen LogP contribution in [-0.2, 0) is 11.2 Å². The van der Waals surface area contributed by atoms with Crippen LogP contribution in [-0.4, -0.2) is 21.6 Å². The molecule has 0 atom stereocenters. The van der Waals surface area contributed by atoms with Crippen molar-refractivity contribution in [1.82, 2.24) is 9.97 Å². The Morgan fingerprint density at radius 2 is 2.04 bits per heavy atom. The highest BCUT2D eigenvalue weighted by molar-refractivity contribution is 7.99. The third kappa shape index (κ3) is 5.67. The quantitative estimate of drug-likeness (QED) is 0.778. The lowest BCUT2D eigenvalue weighted by atomic mass is 10.1. The first-order chi connectivity index (χ1) is 11.6. The highest BCUT2D eigenvalue weighted by Crippen LogP contribution is 2.22. The Morgan fingerprint density at radius 1 is 1.29 bits per heavy atom. The number of nitrogens with zero attached hydrogens (tertiary/aromatic N) is 3. The van der Waals surface area contributed by atoms with E-state index in [0.717, 1.165) is 17.8 Å². The Kier molecular flexibility index (Phi) is 6.76. The molecule has 0 spiro atoms. The lowest BCUT2D eigenvalue weighted by molar-refractivity contribution is -0.115. The minimum atomic E-state index is -0.0643. The summed E-state index contributed by atoms with van der Waals surface area (Å²) in [4.78, 5) is 20.4. The molecule has 0 saturated heterocycles. The summed E-state index contributed by atoms with van der Waals surface area (Å²) < 4.78 is 0. The van der Waals surface area contributed by atoms with Crippen molar-refractivity contribution in [2.24, 2.45) is 5.92 Å². The molecule has 24 heavy (non-hydrogen) atoms. The third-order valence-corrected chi connectivity index (χ3v) is 4.18. The minimum Gasteiger partial charge on any atom is -0.326 e. The first-order valence-corrected chi connectivity index (χ1v) is 8.79. The van der Waals surface area contributed by atoms with E-state index < -0.39 is 0 Å². The van der Waals surface area contributed by atoms with E-state index in [0.29, 0.717) is 28.7 Å². The van der Waals surface area contributed by atoms with Crippen LogP contribution in [0.1, 0.15) is 31.5 Å². The SMILES string of the molecule is CC(C)Cc1ccc(C#N)c(SCCC(=O)Nc2ccncc2)n1. The van der Waals surface area contributed by atoms with Crippen LogP contribution in [0, 0.1) is 17.2 Å². The fourth-order valence-electron chi connectivity index (χ4n) is 2.10. The van der Waals surface area contributed by atoms with Crippen molar-refractivity contribution in [3.63, 3.8) is 0 Å². The number of hydrogen-bond donors (Lipinski definition) is 1. The van der Waals surface area contributed by atoms with Gasteiger partial charge in [-0.2, -0.15) is 5.26 Å². The van der Waals surface area contributed by atoms with Crippen LogP contribution < -0.4 is 5.32 Å². The molecule has 0 aliphatic rings. The van der Waals surface area contributed by atoms with Gasteiger partial charge < -0.3 is 5.32 Å². The number of aromatic nitrogens is 2. The zero-order valence-corrected chi connectivity index (χ0v) is 14.6. The van der Waals surface area contributed by atoms with Crippen molar-refractivity contribution in [1.29, 1.82) is 5.26 Å². The fraction of sp³-hybridized carbons (Fsp3) is 0.333. The zero-order valence-electron chi connectivity index (χ0n) is 13.8. The number of pyridine rings is 2. The van der Waals surface area contributed by atoms with Gasteiger partial charge in [-0.25, -0.2) is 4.98 Å². The second-order valence-corrected chi connectivity index (χ2v) is 6.83. The van der Waals surface area contributed by atoms with Crippen molar-refractivity contribution in [2.45, 2.75) is 31.7 Å². The predicted molar refractivity (Wildman–Crippen MR) is 95.7 cm³/mol. The van der Waals surface area contributed by atoms with Gasteiger partial charge in [0.2, 0.25) is 5.91 Å². The zero-order chi connectivity index (χ0) is 17.4. The number of nitrogens with one attached hydrogen (secondary N) is 1. The number of nitriles is 1. The molecule has 2 heterocycles. The molecule has 0 aliphatic heterocycles. The van der Waals surface area contributed by atoms with Crippen LogP contribution in [0.25, 0.3) is 0 Å². The Bertz CT molecular complexity index is 726. The maximum Gasteiger partial charge on any atom is 0.225 e.